The standard InChI is InChI=1S/C23H21NO4S/c1-17(25)24-15-7-10-19-16-20(13-14-22(19)24)29(26,27)28-23-12-6-5-11-21(23)18-8-3-2-4-9-18/h2-6,8-9,11-14,16H,7,10,15H2,1H3. The number of nitrogens with zero attached hydrogens (tertiary/aromatic N) is 1. The zero-order valence-electron chi connectivity index (χ0n) is 16.0. The van der Waals surface area contributed by atoms with Crippen LogP contribution in [0.2, 0.25) is 0 Å². The molecule has 0 atom stereocenters. The molecule has 1 aliphatic heterocycles. The zero-order valence-corrected chi connectivity index (χ0v) is 16.9. The Balaban J connectivity index is 1.69. The van der Waals surface area contributed by atoms with Crippen LogP contribution in [-0.2, 0) is 21.3 Å². The van der Waals surface area contributed by atoms with Crippen LogP contribution in [0.1, 0.15) is 18.9 Å². The van der Waals surface area contributed by atoms with Crippen molar-refractivity contribution in [3.63, 3.8) is 0 Å². The highest BCUT2D eigenvalue weighted by Gasteiger charge is 2.24. The maximum atomic E-state index is 13.0. The highest BCUT2D eigenvalue weighted by atomic mass is 32.2. The van der Waals surface area contributed by atoms with Crippen LogP contribution < -0.4 is 9.08 Å². The number of aryl methyl sites for hydroxylation is 1. The lowest BCUT2D eigenvalue weighted by Crippen LogP contribution is -2.33. The van der Waals surface area contributed by atoms with Crippen LogP contribution in [0, 0.1) is 0 Å². The predicted molar refractivity (Wildman–Crippen MR) is 112 cm³/mol. The number of hydrogen-bond donors (Lipinski definition) is 0. The van der Waals surface area contributed by atoms with Crippen molar-refractivity contribution in [3.8, 4) is 16.9 Å². The molecule has 4 rings (SSSR count). The molecule has 1 aliphatic rings. The van der Waals surface area contributed by atoms with E-state index in [4.69, 9.17) is 4.18 Å². The molecule has 5 nitrogen and oxygen atoms in total. The second kappa shape index (κ2) is 7.72. The minimum atomic E-state index is -4.02. The molecule has 3 aromatic rings. The van der Waals surface area contributed by atoms with Gasteiger partial charge in [0.05, 0.1) is 0 Å². The third kappa shape index (κ3) is 3.89. The molecule has 6 heteroatoms. The van der Waals surface area contributed by atoms with Gasteiger partial charge in [-0.15, -0.1) is 0 Å². The van der Waals surface area contributed by atoms with E-state index in [0.717, 1.165) is 29.7 Å². The number of amides is 1. The SMILES string of the molecule is CC(=O)N1CCCc2cc(S(=O)(=O)Oc3ccccc3-c3ccccc3)ccc21. The molecule has 0 bridgehead atoms. The number of fused-ring (bicyclic) bond motifs is 1. The van der Waals surface area contributed by atoms with Crippen LogP contribution >= 0.6 is 0 Å². The third-order valence-corrected chi connectivity index (χ3v) is 6.24. The lowest BCUT2D eigenvalue weighted by molar-refractivity contribution is -0.116. The Bertz CT molecular complexity index is 1160. The summed E-state index contributed by atoms with van der Waals surface area (Å²) in [4.78, 5) is 13.6. The topological polar surface area (TPSA) is 63.7 Å². The summed E-state index contributed by atoms with van der Waals surface area (Å²) < 4.78 is 31.5. The van der Waals surface area contributed by atoms with Crippen LogP contribution in [0.15, 0.2) is 77.7 Å². The predicted octanol–water partition coefficient (Wildman–Crippen LogP) is 4.42. The van der Waals surface area contributed by atoms with Gasteiger partial charge in [0.25, 0.3) is 0 Å². The fraction of sp³-hybridized carbons (Fsp3) is 0.174. The summed E-state index contributed by atoms with van der Waals surface area (Å²) in [6.07, 6.45) is 1.52. The van der Waals surface area contributed by atoms with E-state index >= 15 is 0 Å². The summed E-state index contributed by atoms with van der Waals surface area (Å²) in [6, 6.07) is 21.4. The van der Waals surface area contributed by atoms with E-state index < -0.39 is 10.1 Å². The van der Waals surface area contributed by atoms with Crippen molar-refractivity contribution in [2.45, 2.75) is 24.7 Å². The summed E-state index contributed by atoms with van der Waals surface area (Å²) in [5.41, 5.74) is 3.19. The Hall–Kier alpha value is -3.12. The second-order valence-electron chi connectivity index (χ2n) is 6.96. The van der Waals surface area contributed by atoms with Crippen molar-refractivity contribution in [1.82, 2.24) is 0 Å². The monoisotopic (exact) mass is 407 g/mol. The summed E-state index contributed by atoms with van der Waals surface area (Å²) in [6.45, 7) is 2.17. The normalized spacial score (nSPS) is 13.6. The Kier molecular flexibility index (Phi) is 5.11. The maximum absolute atomic E-state index is 13.0. The van der Waals surface area contributed by atoms with Gasteiger partial charge in [-0.2, -0.15) is 8.42 Å². The molecule has 0 aliphatic carbocycles. The number of rotatable bonds is 4. The molecule has 148 valence electrons. The summed E-state index contributed by atoms with van der Waals surface area (Å²) >= 11 is 0. The largest absolute Gasteiger partial charge is 0.378 e. The highest BCUT2D eigenvalue weighted by Crippen LogP contribution is 2.34. The van der Waals surface area contributed by atoms with Crippen LogP contribution in [0.3, 0.4) is 0 Å². The van der Waals surface area contributed by atoms with E-state index in [2.05, 4.69) is 0 Å². The maximum Gasteiger partial charge on any atom is 0.339 e. The number of hydrogen-bond acceptors (Lipinski definition) is 4. The summed E-state index contributed by atoms with van der Waals surface area (Å²) in [5.74, 6) is 0.233. The second-order valence-corrected chi connectivity index (χ2v) is 8.51. The van der Waals surface area contributed by atoms with Crippen molar-refractivity contribution in [3.05, 3.63) is 78.4 Å². The van der Waals surface area contributed by atoms with Crippen molar-refractivity contribution >= 4 is 21.7 Å². The Morgan fingerprint density at radius 2 is 1.69 bits per heavy atom. The van der Waals surface area contributed by atoms with Gasteiger partial charge in [-0.1, -0.05) is 48.5 Å². The zero-order chi connectivity index (χ0) is 20.4. The average molecular weight is 407 g/mol. The van der Waals surface area contributed by atoms with Crippen LogP contribution in [-0.4, -0.2) is 20.9 Å². The van der Waals surface area contributed by atoms with Gasteiger partial charge in [-0.05, 0) is 48.2 Å². The van der Waals surface area contributed by atoms with Gasteiger partial charge >= 0.3 is 10.1 Å². The molecule has 1 amide bonds. The molecule has 0 radical (unpaired) electrons. The van der Waals surface area contributed by atoms with Crippen molar-refractivity contribution in [2.24, 2.45) is 0 Å². The minimum Gasteiger partial charge on any atom is -0.378 e. The fourth-order valence-electron chi connectivity index (χ4n) is 3.62. The van der Waals surface area contributed by atoms with E-state index in [-0.39, 0.29) is 16.6 Å². The molecule has 0 spiro atoms. The number of benzene rings is 3. The fourth-order valence-corrected chi connectivity index (χ4v) is 4.62. The molecular formula is C23H21NO4S. The molecular weight excluding hydrogens is 386 g/mol. The number of anilines is 1. The Morgan fingerprint density at radius 1 is 0.966 bits per heavy atom. The lowest BCUT2D eigenvalue weighted by atomic mass is 10.0. The molecule has 0 aromatic heterocycles. The van der Waals surface area contributed by atoms with Crippen LogP contribution in [0.4, 0.5) is 5.69 Å². The van der Waals surface area contributed by atoms with Gasteiger partial charge in [0.2, 0.25) is 5.91 Å². The number of carbonyl (C=O) groups is 1. The molecule has 0 saturated carbocycles. The van der Waals surface area contributed by atoms with Crippen molar-refractivity contribution in [1.29, 1.82) is 0 Å². The summed E-state index contributed by atoms with van der Waals surface area (Å²) in [5, 5.41) is 0. The van der Waals surface area contributed by atoms with Crippen LogP contribution in [0.5, 0.6) is 5.75 Å². The number of carbonyl (C=O) groups excluding carboxylic acids is 1. The molecule has 29 heavy (non-hydrogen) atoms. The summed E-state index contributed by atoms with van der Waals surface area (Å²) in [7, 11) is -4.02. The molecule has 0 saturated heterocycles. The highest BCUT2D eigenvalue weighted by molar-refractivity contribution is 7.87. The first-order valence-electron chi connectivity index (χ1n) is 9.46. The first-order valence-corrected chi connectivity index (χ1v) is 10.9. The first kappa shape index (κ1) is 19.2. The van der Waals surface area contributed by atoms with Crippen molar-refractivity contribution in [2.75, 3.05) is 11.4 Å². The van der Waals surface area contributed by atoms with Gasteiger partial charge in [0.15, 0.2) is 5.75 Å². The van der Waals surface area contributed by atoms with Gasteiger partial charge in [-0.3, -0.25) is 4.79 Å². The lowest BCUT2D eigenvalue weighted by Gasteiger charge is -2.28. The Morgan fingerprint density at radius 3 is 2.45 bits per heavy atom. The smallest absolute Gasteiger partial charge is 0.339 e. The van der Waals surface area contributed by atoms with E-state index in [1.807, 2.05) is 42.5 Å². The minimum absolute atomic E-state index is 0.0467. The van der Waals surface area contributed by atoms with E-state index in [1.165, 1.54) is 13.0 Å². The molecule has 0 unspecified atom stereocenters. The molecule has 0 fully saturated rings. The number of para-hydroxylation sites is 1. The molecule has 3 aromatic carbocycles. The van der Waals surface area contributed by atoms with Gasteiger partial charge in [-0.25, -0.2) is 0 Å². The van der Waals surface area contributed by atoms with Gasteiger partial charge < -0.3 is 9.08 Å². The average Bonchev–Trinajstić information content (AvgIpc) is 2.73. The first-order chi connectivity index (χ1) is 14.0. The van der Waals surface area contributed by atoms with Gasteiger partial charge in [0, 0.05) is 24.7 Å². The third-order valence-electron chi connectivity index (χ3n) is 5.01. The molecule has 0 N–H and O–H groups in total. The van der Waals surface area contributed by atoms with Crippen LogP contribution in [0.25, 0.3) is 11.1 Å². The van der Waals surface area contributed by atoms with Gasteiger partial charge in [0.1, 0.15) is 4.90 Å². The quantitative estimate of drug-likeness (QED) is 0.601. The molecule has 1 heterocycles. The Labute approximate surface area is 170 Å². The van der Waals surface area contributed by atoms with E-state index in [9.17, 15) is 13.2 Å². The van der Waals surface area contributed by atoms with E-state index in [1.54, 1.807) is 29.2 Å². The van der Waals surface area contributed by atoms with E-state index in [0.29, 0.717) is 12.1 Å². The van der Waals surface area contributed by atoms with Crippen molar-refractivity contribution < 1.29 is 17.4 Å².